The molecule has 3 heteroatoms. The smallest absolute Gasteiger partial charge is 0.320 e. The minimum Gasteiger partial charge on any atom is -0.465 e. The zero-order valence-electron chi connectivity index (χ0n) is 16.1. The maximum Gasteiger partial charge on any atom is 0.320 e. The quantitative estimate of drug-likeness (QED) is 0.258. The van der Waals surface area contributed by atoms with Crippen LogP contribution in [0.1, 0.15) is 97.8 Å². The van der Waals surface area contributed by atoms with Gasteiger partial charge < -0.3 is 4.74 Å². The molecule has 138 valence electrons. The van der Waals surface area contributed by atoms with E-state index in [4.69, 9.17) is 4.74 Å². The lowest BCUT2D eigenvalue weighted by atomic mass is 10.1. The minimum atomic E-state index is -0.0356. The fourth-order valence-corrected chi connectivity index (χ4v) is 2.74. The molecule has 0 N–H and O–H groups in total. The molecule has 0 aliphatic heterocycles. The zero-order valence-corrected chi connectivity index (χ0v) is 16.1. The van der Waals surface area contributed by atoms with Crippen LogP contribution in [0, 0.1) is 0 Å². The number of esters is 1. The average molecular weight is 328 g/mol. The van der Waals surface area contributed by atoms with Gasteiger partial charge in [0.1, 0.15) is 0 Å². The fourth-order valence-electron chi connectivity index (χ4n) is 2.74. The average Bonchev–Trinajstić information content (AvgIpc) is 2.54. The van der Waals surface area contributed by atoms with Gasteiger partial charge in [0.25, 0.3) is 0 Å². The van der Waals surface area contributed by atoms with Crippen molar-refractivity contribution in [1.29, 1.82) is 0 Å². The van der Waals surface area contributed by atoms with Crippen molar-refractivity contribution in [3.05, 3.63) is 0 Å². The van der Waals surface area contributed by atoms with Crippen LogP contribution in [0.3, 0.4) is 0 Å². The predicted octanol–water partition coefficient (Wildman–Crippen LogP) is 5.57. The van der Waals surface area contributed by atoms with Crippen LogP contribution in [-0.4, -0.2) is 37.1 Å². The molecule has 0 radical (unpaired) electrons. The van der Waals surface area contributed by atoms with E-state index >= 15 is 0 Å². The normalized spacial score (nSPS) is 11.1. The standard InChI is InChI=1S/C20H41NO2/c1-4-7-10-11-12-15-18-23-20(22)19-21(16-13-8-5-2)17-14-9-6-3/h4-19H2,1-3H3. The van der Waals surface area contributed by atoms with Gasteiger partial charge in [0.2, 0.25) is 0 Å². The van der Waals surface area contributed by atoms with Crippen molar-refractivity contribution in [2.75, 3.05) is 26.2 Å². The molecule has 23 heavy (non-hydrogen) atoms. The summed E-state index contributed by atoms with van der Waals surface area (Å²) >= 11 is 0. The molecular formula is C20H41NO2. The van der Waals surface area contributed by atoms with Gasteiger partial charge >= 0.3 is 5.97 Å². The lowest BCUT2D eigenvalue weighted by molar-refractivity contribution is -0.145. The fraction of sp³-hybridized carbons (Fsp3) is 0.950. The van der Waals surface area contributed by atoms with Crippen molar-refractivity contribution >= 4 is 5.97 Å². The summed E-state index contributed by atoms with van der Waals surface area (Å²) in [5.74, 6) is -0.0356. The Kier molecular flexibility index (Phi) is 17.3. The van der Waals surface area contributed by atoms with Gasteiger partial charge in [0.05, 0.1) is 13.2 Å². The van der Waals surface area contributed by atoms with Crippen LogP contribution in [0.25, 0.3) is 0 Å². The van der Waals surface area contributed by atoms with E-state index in [0.717, 1.165) is 19.5 Å². The third-order valence-corrected chi connectivity index (χ3v) is 4.27. The van der Waals surface area contributed by atoms with Crippen LogP contribution in [0.4, 0.5) is 0 Å². The highest BCUT2D eigenvalue weighted by atomic mass is 16.5. The highest BCUT2D eigenvalue weighted by Gasteiger charge is 2.11. The van der Waals surface area contributed by atoms with Crippen molar-refractivity contribution in [2.45, 2.75) is 97.8 Å². The molecule has 0 saturated carbocycles. The van der Waals surface area contributed by atoms with Gasteiger partial charge in [-0.15, -0.1) is 0 Å². The van der Waals surface area contributed by atoms with Gasteiger partial charge in [-0.25, -0.2) is 0 Å². The van der Waals surface area contributed by atoms with Crippen molar-refractivity contribution in [3.63, 3.8) is 0 Å². The van der Waals surface area contributed by atoms with Crippen LogP contribution >= 0.6 is 0 Å². The van der Waals surface area contributed by atoms with E-state index in [1.165, 1.54) is 70.6 Å². The monoisotopic (exact) mass is 327 g/mol. The number of nitrogens with zero attached hydrogens (tertiary/aromatic N) is 1. The first-order valence-electron chi connectivity index (χ1n) is 10.1. The lowest BCUT2D eigenvalue weighted by Gasteiger charge is -2.21. The summed E-state index contributed by atoms with van der Waals surface area (Å²) in [5.41, 5.74) is 0. The molecule has 0 aromatic carbocycles. The summed E-state index contributed by atoms with van der Waals surface area (Å²) in [6.07, 6.45) is 14.7. The Hall–Kier alpha value is -0.570. The second kappa shape index (κ2) is 17.8. The first-order chi connectivity index (χ1) is 11.2. The zero-order chi connectivity index (χ0) is 17.2. The molecule has 0 bridgehead atoms. The predicted molar refractivity (Wildman–Crippen MR) is 99.8 cm³/mol. The van der Waals surface area contributed by atoms with Crippen LogP contribution in [0.5, 0.6) is 0 Å². The minimum absolute atomic E-state index is 0.0356. The van der Waals surface area contributed by atoms with Crippen molar-refractivity contribution in [1.82, 2.24) is 4.90 Å². The number of rotatable bonds is 17. The largest absolute Gasteiger partial charge is 0.465 e. The van der Waals surface area contributed by atoms with Crippen molar-refractivity contribution in [2.24, 2.45) is 0 Å². The third kappa shape index (κ3) is 16.1. The van der Waals surface area contributed by atoms with E-state index in [-0.39, 0.29) is 5.97 Å². The molecular weight excluding hydrogens is 286 g/mol. The molecule has 0 atom stereocenters. The molecule has 0 spiro atoms. The maximum atomic E-state index is 12.0. The van der Waals surface area contributed by atoms with E-state index in [1.807, 2.05) is 0 Å². The molecule has 0 aliphatic rings. The van der Waals surface area contributed by atoms with Crippen LogP contribution in [0.15, 0.2) is 0 Å². The van der Waals surface area contributed by atoms with E-state index in [2.05, 4.69) is 25.7 Å². The molecule has 0 saturated heterocycles. The highest BCUT2D eigenvalue weighted by molar-refractivity contribution is 5.71. The molecule has 0 heterocycles. The summed E-state index contributed by atoms with van der Waals surface area (Å²) in [5, 5.41) is 0. The summed E-state index contributed by atoms with van der Waals surface area (Å²) in [6.45, 7) is 9.81. The number of unbranched alkanes of at least 4 members (excludes halogenated alkanes) is 9. The number of ether oxygens (including phenoxy) is 1. The summed E-state index contributed by atoms with van der Waals surface area (Å²) in [4.78, 5) is 14.3. The van der Waals surface area contributed by atoms with Gasteiger partial charge in [0, 0.05) is 0 Å². The summed E-state index contributed by atoms with van der Waals surface area (Å²) in [7, 11) is 0. The molecule has 0 amide bonds. The van der Waals surface area contributed by atoms with E-state index in [0.29, 0.717) is 13.2 Å². The lowest BCUT2D eigenvalue weighted by Crippen LogP contribution is -2.33. The Morgan fingerprint density at radius 2 is 1.17 bits per heavy atom. The summed E-state index contributed by atoms with van der Waals surface area (Å²) < 4.78 is 5.41. The maximum absolute atomic E-state index is 12.0. The number of carbonyl (C=O) groups excluding carboxylic acids is 1. The SMILES string of the molecule is CCCCCCCCOC(=O)CN(CCCCC)CCCCC. The van der Waals surface area contributed by atoms with E-state index < -0.39 is 0 Å². The summed E-state index contributed by atoms with van der Waals surface area (Å²) in [6, 6.07) is 0. The van der Waals surface area contributed by atoms with Gasteiger partial charge in [-0.3, -0.25) is 9.69 Å². The molecule has 3 nitrogen and oxygen atoms in total. The molecule has 0 aromatic heterocycles. The van der Waals surface area contributed by atoms with Gasteiger partial charge in [-0.1, -0.05) is 78.6 Å². The molecule has 0 aliphatic carbocycles. The van der Waals surface area contributed by atoms with Crippen LogP contribution in [-0.2, 0) is 9.53 Å². The Morgan fingerprint density at radius 1 is 0.696 bits per heavy atom. The highest BCUT2D eigenvalue weighted by Crippen LogP contribution is 2.06. The van der Waals surface area contributed by atoms with Crippen LogP contribution < -0.4 is 0 Å². The molecule has 0 fully saturated rings. The Bertz CT molecular complexity index is 246. The van der Waals surface area contributed by atoms with Gasteiger partial charge in [-0.2, -0.15) is 0 Å². The molecule has 0 aromatic rings. The third-order valence-electron chi connectivity index (χ3n) is 4.27. The van der Waals surface area contributed by atoms with Crippen LogP contribution in [0.2, 0.25) is 0 Å². The number of hydrogen-bond donors (Lipinski definition) is 0. The van der Waals surface area contributed by atoms with Crippen molar-refractivity contribution < 1.29 is 9.53 Å². The second-order valence-electron chi connectivity index (χ2n) is 6.68. The second-order valence-corrected chi connectivity index (χ2v) is 6.68. The number of hydrogen-bond acceptors (Lipinski definition) is 3. The Labute approximate surface area is 145 Å². The van der Waals surface area contributed by atoms with Gasteiger partial charge in [0.15, 0.2) is 0 Å². The topological polar surface area (TPSA) is 29.5 Å². The van der Waals surface area contributed by atoms with E-state index in [1.54, 1.807) is 0 Å². The first kappa shape index (κ1) is 22.4. The Balaban J connectivity index is 3.78. The van der Waals surface area contributed by atoms with Gasteiger partial charge in [-0.05, 0) is 32.4 Å². The van der Waals surface area contributed by atoms with Crippen molar-refractivity contribution in [3.8, 4) is 0 Å². The van der Waals surface area contributed by atoms with E-state index in [9.17, 15) is 4.79 Å². The molecule has 0 rings (SSSR count). The Morgan fingerprint density at radius 3 is 1.74 bits per heavy atom. The first-order valence-corrected chi connectivity index (χ1v) is 10.1. The number of carbonyl (C=O) groups is 1. The molecule has 0 unspecified atom stereocenters.